The molecule has 0 fully saturated rings. The maximum atomic E-state index is 13.8. The molecule has 0 atom stereocenters. The highest BCUT2D eigenvalue weighted by Crippen LogP contribution is 2.19. The smallest absolute Gasteiger partial charge is 0.160 e. The first kappa shape index (κ1) is 13.1. The Labute approximate surface area is 121 Å². The number of aryl methyl sites for hydroxylation is 1. The van der Waals surface area contributed by atoms with Gasteiger partial charge in [-0.2, -0.15) is 0 Å². The molecule has 0 aliphatic carbocycles. The molecule has 2 heterocycles. The summed E-state index contributed by atoms with van der Waals surface area (Å²) in [5, 5.41) is 0. The molecule has 2 aromatic heterocycles. The fourth-order valence-electron chi connectivity index (χ4n) is 2.22. The molecule has 0 aliphatic rings. The summed E-state index contributed by atoms with van der Waals surface area (Å²) < 4.78 is 15.7. The lowest BCUT2D eigenvalue weighted by molar-refractivity contribution is 0.598. The minimum Gasteiger partial charge on any atom is -0.307 e. The molecule has 0 saturated carbocycles. The van der Waals surface area contributed by atoms with Crippen molar-refractivity contribution in [3.63, 3.8) is 0 Å². The summed E-state index contributed by atoms with van der Waals surface area (Å²) in [6, 6.07) is 8.65. The number of benzene rings is 1. The molecule has 1 aromatic carbocycles. The minimum absolute atomic E-state index is 0.234. The highest BCUT2D eigenvalue weighted by atomic mass is 35.5. The second kappa shape index (κ2) is 5.21. The second-order valence-electron chi connectivity index (χ2n) is 4.69. The molecule has 0 spiro atoms. The van der Waals surface area contributed by atoms with E-state index in [2.05, 4.69) is 9.97 Å². The molecule has 3 aromatic rings. The van der Waals surface area contributed by atoms with Gasteiger partial charge in [-0.1, -0.05) is 18.2 Å². The van der Waals surface area contributed by atoms with E-state index in [1.807, 2.05) is 23.6 Å². The van der Waals surface area contributed by atoms with Crippen molar-refractivity contribution in [3.8, 4) is 0 Å². The molecule has 0 unspecified atom stereocenters. The highest BCUT2D eigenvalue weighted by Gasteiger charge is 2.13. The number of nitrogens with zero attached hydrogens (tertiary/aromatic N) is 3. The van der Waals surface area contributed by atoms with E-state index in [1.54, 1.807) is 18.3 Å². The van der Waals surface area contributed by atoms with E-state index in [4.69, 9.17) is 11.6 Å². The average Bonchev–Trinajstić information content (AvgIpc) is 2.78. The van der Waals surface area contributed by atoms with Gasteiger partial charge in [0.2, 0.25) is 0 Å². The maximum Gasteiger partial charge on any atom is 0.160 e. The van der Waals surface area contributed by atoms with Crippen molar-refractivity contribution in [2.75, 3.05) is 0 Å². The van der Waals surface area contributed by atoms with Crippen LogP contribution in [0.4, 0.5) is 4.39 Å². The quantitative estimate of drug-likeness (QED) is 0.689. The fraction of sp³-hybridized carbons (Fsp3) is 0.200. The zero-order chi connectivity index (χ0) is 14.1. The Hall–Kier alpha value is -1.94. The van der Waals surface area contributed by atoms with Crippen molar-refractivity contribution >= 4 is 22.8 Å². The second-order valence-corrected chi connectivity index (χ2v) is 4.96. The van der Waals surface area contributed by atoms with Crippen molar-refractivity contribution in [3.05, 3.63) is 59.3 Å². The van der Waals surface area contributed by atoms with Crippen LogP contribution in [-0.2, 0) is 12.4 Å². The van der Waals surface area contributed by atoms with Crippen molar-refractivity contribution in [1.82, 2.24) is 14.5 Å². The first-order valence-electron chi connectivity index (χ1n) is 6.30. The summed E-state index contributed by atoms with van der Waals surface area (Å²) >= 11 is 5.94. The van der Waals surface area contributed by atoms with Gasteiger partial charge in [-0.05, 0) is 24.6 Å². The summed E-state index contributed by atoms with van der Waals surface area (Å²) in [5.74, 6) is 0.731. The van der Waals surface area contributed by atoms with E-state index in [0.717, 1.165) is 16.7 Å². The van der Waals surface area contributed by atoms with Crippen LogP contribution in [0.2, 0.25) is 0 Å². The largest absolute Gasteiger partial charge is 0.307 e. The van der Waals surface area contributed by atoms with Crippen LogP contribution in [0.5, 0.6) is 0 Å². The Balaban J connectivity index is 2.12. The highest BCUT2D eigenvalue weighted by molar-refractivity contribution is 6.16. The lowest BCUT2D eigenvalue weighted by Gasteiger charge is -2.08. The van der Waals surface area contributed by atoms with E-state index >= 15 is 0 Å². The summed E-state index contributed by atoms with van der Waals surface area (Å²) in [5.41, 5.74) is 3.15. The molecule has 0 saturated heterocycles. The molecule has 0 aliphatic heterocycles. The molecule has 0 amide bonds. The number of alkyl halides is 1. The molecular formula is C15H13ClFN3. The molecule has 5 heteroatoms. The Kier molecular flexibility index (Phi) is 3.40. The zero-order valence-electron chi connectivity index (χ0n) is 11.0. The predicted molar refractivity (Wildman–Crippen MR) is 77.3 cm³/mol. The van der Waals surface area contributed by atoms with Gasteiger partial charge in [0, 0.05) is 11.8 Å². The van der Waals surface area contributed by atoms with E-state index in [0.29, 0.717) is 17.9 Å². The van der Waals surface area contributed by atoms with E-state index in [-0.39, 0.29) is 11.7 Å². The van der Waals surface area contributed by atoms with Crippen LogP contribution in [-0.4, -0.2) is 14.5 Å². The third-order valence-electron chi connectivity index (χ3n) is 3.21. The van der Waals surface area contributed by atoms with Crippen LogP contribution in [0, 0.1) is 12.7 Å². The van der Waals surface area contributed by atoms with Gasteiger partial charge in [-0.15, -0.1) is 11.6 Å². The first-order valence-corrected chi connectivity index (χ1v) is 6.83. The number of pyridine rings is 1. The van der Waals surface area contributed by atoms with Gasteiger partial charge in [0.25, 0.3) is 0 Å². The monoisotopic (exact) mass is 289 g/mol. The number of hydrogen-bond donors (Lipinski definition) is 0. The maximum absolute atomic E-state index is 13.8. The summed E-state index contributed by atoms with van der Waals surface area (Å²) in [7, 11) is 0. The van der Waals surface area contributed by atoms with Crippen LogP contribution < -0.4 is 0 Å². The van der Waals surface area contributed by atoms with Gasteiger partial charge in [-0.25, -0.2) is 14.4 Å². The number of halogens is 2. The van der Waals surface area contributed by atoms with Crippen LogP contribution in [0.3, 0.4) is 0 Å². The molecule has 20 heavy (non-hydrogen) atoms. The number of imidazole rings is 1. The Morgan fingerprint density at radius 3 is 2.85 bits per heavy atom. The van der Waals surface area contributed by atoms with Gasteiger partial charge in [0.15, 0.2) is 5.65 Å². The molecule has 0 bridgehead atoms. The normalized spacial score (nSPS) is 11.2. The minimum atomic E-state index is -0.234. The van der Waals surface area contributed by atoms with Gasteiger partial charge in [0.05, 0.1) is 12.4 Å². The lowest BCUT2D eigenvalue weighted by Crippen LogP contribution is -2.06. The Morgan fingerprint density at radius 1 is 1.30 bits per heavy atom. The molecule has 0 N–H and O–H groups in total. The average molecular weight is 290 g/mol. The summed E-state index contributed by atoms with van der Waals surface area (Å²) in [6.45, 7) is 2.34. The number of rotatable bonds is 3. The van der Waals surface area contributed by atoms with Crippen LogP contribution in [0.15, 0.2) is 36.5 Å². The van der Waals surface area contributed by atoms with Crippen molar-refractivity contribution in [1.29, 1.82) is 0 Å². The van der Waals surface area contributed by atoms with Crippen molar-refractivity contribution in [2.24, 2.45) is 0 Å². The predicted octanol–water partition coefficient (Wildman–Crippen LogP) is 3.67. The van der Waals surface area contributed by atoms with Crippen molar-refractivity contribution < 1.29 is 4.39 Å². The van der Waals surface area contributed by atoms with Crippen LogP contribution >= 0.6 is 11.6 Å². The van der Waals surface area contributed by atoms with E-state index < -0.39 is 0 Å². The summed E-state index contributed by atoms with van der Waals surface area (Å²) in [6.07, 6.45) is 1.78. The van der Waals surface area contributed by atoms with Crippen LogP contribution in [0.25, 0.3) is 11.2 Å². The van der Waals surface area contributed by atoms with E-state index in [9.17, 15) is 4.39 Å². The topological polar surface area (TPSA) is 30.7 Å². The Bertz CT molecular complexity index is 767. The molecule has 102 valence electrons. The third kappa shape index (κ3) is 2.27. The van der Waals surface area contributed by atoms with Gasteiger partial charge >= 0.3 is 0 Å². The summed E-state index contributed by atoms with van der Waals surface area (Å²) in [4.78, 5) is 8.86. The lowest BCUT2D eigenvalue weighted by atomic mass is 10.2. The molecule has 0 radical (unpaired) electrons. The van der Waals surface area contributed by atoms with Crippen LogP contribution in [0.1, 0.15) is 17.0 Å². The molecule has 3 nitrogen and oxygen atoms in total. The number of aromatic nitrogens is 3. The number of fused-ring (bicyclic) bond motifs is 1. The zero-order valence-corrected chi connectivity index (χ0v) is 11.7. The van der Waals surface area contributed by atoms with E-state index in [1.165, 1.54) is 6.07 Å². The SMILES string of the molecule is Cc1cnc2c(c1)nc(CCl)n2Cc1ccccc1F. The Morgan fingerprint density at radius 2 is 2.10 bits per heavy atom. The standard InChI is InChI=1S/C15H13ClFN3/c1-10-6-13-15(18-8-10)20(14(7-16)19-13)9-11-4-2-3-5-12(11)17/h2-6,8H,7,9H2,1H3. The van der Waals surface area contributed by atoms with Gasteiger partial charge in [0.1, 0.15) is 17.2 Å². The van der Waals surface area contributed by atoms with Gasteiger partial charge in [-0.3, -0.25) is 0 Å². The van der Waals surface area contributed by atoms with Crippen molar-refractivity contribution in [2.45, 2.75) is 19.3 Å². The fourth-order valence-corrected chi connectivity index (χ4v) is 2.43. The number of hydrogen-bond acceptors (Lipinski definition) is 2. The molecule has 3 rings (SSSR count). The third-order valence-corrected chi connectivity index (χ3v) is 3.45. The van der Waals surface area contributed by atoms with Gasteiger partial charge < -0.3 is 4.57 Å². The molecular weight excluding hydrogens is 277 g/mol. The first-order chi connectivity index (χ1) is 9.69.